The molecular weight excluding hydrogens is 444 g/mol. The van der Waals surface area contributed by atoms with Gasteiger partial charge in [0.05, 0.1) is 12.8 Å². The van der Waals surface area contributed by atoms with Gasteiger partial charge in [0.2, 0.25) is 0 Å². The molecule has 1 aliphatic rings. The molecule has 1 saturated heterocycles. The van der Waals surface area contributed by atoms with Gasteiger partial charge in [-0.05, 0) is 24.3 Å². The highest BCUT2D eigenvalue weighted by Gasteiger charge is 2.31. The summed E-state index contributed by atoms with van der Waals surface area (Å²) >= 11 is 2.00. The Balaban J connectivity index is 0.000000197. The Morgan fingerprint density at radius 2 is 1.81 bits per heavy atom. The summed E-state index contributed by atoms with van der Waals surface area (Å²) in [5, 5.41) is 12.6. The Morgan fingerprint density at radius 1 is 1.19 bits per heavy atom. The largest absolute Gasteiger partial charge is 0.504 e. The van der Waals surface area contributed by atoms with E-state index in [-0.39, 0.29) is 19.9 Å². The van der Waals surface area contributed by atoms with Crippen LogP contribution < -0.4 is 10.5 Å². The molecule has 0 bridgehead atoms. The van der Waals surface area contributed by atoms with E-state index in [4.69, 9.17) is 21.2 Å². The highest BCUT2D eigenvalue weighted by atomic mass is 35.7. The fraction of sp³-hybridized carbons (Fsp3) is 0.385. The third kappa shape index (κ3) is 4.61. The molecule has 0 saturated carbocycles. The number of methoxy groups -OCH3 is 1. The number of hydrogen-bond donors (Lipinski definition) is 2. The van der Waals surface area contributed by atoms with E-state index in [0.29, 0.717) is 18.8 Å². The van der Waals surface area contributed by atoms with Crippen molar-refractivity contribution in [1.82, 2.24) is 4.31 Å². The Morgan fingerprint density at radius 3 is 2.23 bits per heavy atom. The third-order valence-electron chi connectivity index (χ3n) is 3.44. The van der Waals surface area contributed by atoms with Gasteiger partial charge in [-0.25, -0.2) is 16.8 Å². The second-order valence-corrected chi connectivity index (χ2v) is 11.8. The van der Waals surface area contributed by atoms with Crippen molar-refractivity contribution in [2.75, 3.05) is 25.9 Å². The van der Waals surface area contributed by atoms with Gasteiger partial charge in [0.25, 0.3) is 19.1 Å². The van der Waals surface area contributed by atoms with Gasteiger partial charge < -0.3 is 15.6 Å². The van der Waals surface area contributed by atoms with E-state index in [9.17, 15) is 21.9 Å². The van der Waals surface area contributed by atoms with E-state index in [1.165, 1.54) is 16.8 Å². The lowest BCUT2D eigenvalue weighted by atomic mass is 10.4. The van der Waals surface area contributed by atoms with Gasteiger partial charge in [0.15, 0.2) is 14.2 Å². The summed E-state index contributed by atoms with van der Waals surface area (Å²) in [7, 11) is -0.680. The third-order valence-corrected chi connectivity index (χ3v) is 9.86. The first kappa shape index (κ1) is 21.3. The number of ether oxygens (including phenoxy) is 1. The summed E-state index contributed by atoms with van der Waals surface area (Å²) in [4.78, 5) is 0. The van der Waals surface area contributed by atoms with Crippen LogP contribution in [-0.4, -0.2) is 46.4 Å². The number of thiophene rings is 2. The molecule has 3 N–H and O–H groups in total. The number of rotatable bonds is 4. The summed E-state index contributed by atoms with van der Waals surface area (Å²) in [5.74, 6) is -0.0168. The van der Waals surface area contributed by atoms with E-state index < -0.39 is 19.1 Å². The molecule has 0 aromatic carbocycles. The molecule has 1 aliphatic heterocycles. The zero-order valence-corrected chi connectivity index (χ0v) is 17.6. The molecule has 3 rings (SSSR count). The van der Waals surface area contributed by atoms with Crippen molar-refractivity contribution in [2.24, 2.45) is 0 Å². The van der Waals surface area contributed by atoms with Crippen LogP contribution in [0.5, 0.6) is 11.5 Å². The number of sulfonamides is 1. The van der Waals surface area contributed by atoms with Crippen LogP contribution in [0.4, 0.5) is 5.69 Å². The zero-order valence-electron chi connectivity index (χ0n) is 13.6. The second-order valence-electron chi connectivity index (χ2n) is 5.15. The van der Waals surface area contributed by atoms with Gasteiger partial charge in [-0.15, -0.1) is 22.7 Å². The van der Waals surface area contributed by atoms with E-state index in [2.05, 4.69) is 0 Å². The van der Waals surface area contributed by atoms with E-state index in [1.807, 2.05) is 0 Å². The zero-order chi connectivity index (χ0) is 19.5. The quantitative estimate of drug-likeness (QED) is 0.671. The molecule has 0 unspecified atom stereocenters. The fourth-order valence-electron chi connectivity index (χ4n) is 2.19. The van der Waals surface area contributed by atoms with E-state index in [1.54, 1.807) is 11.4 Å². The number of halogens is 1. The number of nitrogens with zero attached hydrogens (tertiary/aromatic N) is 1. The maximum absolute atomic E-state index is 12.0. The van der Waals surface area contributed by atoms with Gasteiger partial charge in [-0.2, -0.15) is 4.31 Å². The molecule has 0 atom stereocenters. The minimum Gasteiger partial charge on any atom is -0.504 e. The van der Waals surface area contributed by atoms with Crippen molar-refractivity contribution in [3.63, 3.8) is 0 Å². The molecule has 0 amide bonds. The maximum Gasteiger partial charge on any atom is 0.274 e. The smallest absolute Gasteiger partial charge is 0.274 e. The Labute approximate surface area is 164 Å². The number of aromatic hydroxyl groups is 1. The van der Waals surface area contributed by atoms with Crippen LogP contribution in [0.3, 0.4) is 0 Å². The summed E-state index contributed by atoms with van der Waals surface area (Å²) in [5.41, 5.74) is 5.54. The second kappa shape index (κ2) is 8.31. The first-order chi connectivity index (χ1) is 12.1. The van der Waals surface area contributed by atoms with Crippen molar-refractivity contribution in [1.29, 1.82) is 0 Å². The molecule has 146 valence electrons. The summed E-state index contributed by atoms with van der Waals surface area (Å²) in [6.45, 7) is 1.05. The minimum atomic E-state index is -3.64. The average molecular weight is 461 g/mol. The highest BCUT2D eigenvalue weighted by Crippen LogP contribution is 2.38. The maximum atomic E-state index is 12.0. The molecule has 0 radical (unpaired) electrons. The topological polar surface area (TPSA) is 127 Å². The lowest BCUT2D eigenvalue weighted by Gasteiger charge is -2.13. The van der Waals surface area contributed by atoms with Crippen LogP contribution in [0.25, 0.3) is 0 Å². The molecule has 3 heterocycles. The van der Waals surface area contributed by atoms with Crippen molar-refractivity contribution in [3.05, 3.63) is 16.8 Å². The normalized spacial score (nSPS) is 15.5. The molecule has 2 aromatic heterocycles. The Hall–Kier alpha value is -1.05. The van der Waals surface area contributed by atoms with Crippen LogP contribution >= 0.6 is 33.4 Å². The van der Waals surface area contributed by atoms with E-state index >= 15 is 0 Å². The Kier molecular flexibility index (Phi) is 6.80. The van der Waals surface area contributed by atoms with Gasteiger partial charge in [-0.1, -0.05) is 0 Å². The highest BCUT2D eigenvalue weighted by molar-refractivity contribution is 8.15. The average Bonchev–Trinajstić information content (AvgIpc) is 3.29. The first-order valence-corrected chi connectivity index (χ1v) is 12.7. The van der Waals surface area contributed by atoms with Crippen LogP contribution in [0.2, 0.25) is 0 Å². The molecule has 8 nitrogen and oxygen atoms in total. The van der Waals surface area contributed by atoms with Crippen molar-refractivity contribution >= 4 is 58.1 Å². The number of hydrogen-bond acceptors (Lipinski definition) is 9. The first-order valence-electron chi connectivity index (χ1n) is 7.21. The lowest BCUT2D eigenvalue weighted by Crippen LogP contribution is -2.27. The van der Waals surface area contributed by atoms with Gasteiger partial charge in [-0.3, -0.25) is 0 Å². The van der Waals surface area contributed by atoms with Gasteiger partial charge in [0, 0.05) is 29.2 Å². The van der Waals surface area contributed by atoms with Crippen LogP contribution in [-0.2, 0) is 19.1 Å². The Bertz CT molecular complexity index is 961. The molecule has 1 fully saturated rings. The fourth-order valence-corrected chi connectivity index (χ4v) is 7.20. The summed E-state index contributed by atoms with van der Waals surface area (Å²) in [6.07, 6.45) is 1.75. The molecular formula is C13H17ClN2O6S4. The molecule has 2 aromatic rings. The minimum absolute atomic E-state index is 0.0399. The molecule has 0 spiro atoms. The number of nitrogens with two attached hydrogens (primary N) is 1. The van der Waals surface area contributed by atoms with Crippen molar-refractivity contribution in [2.45, 2.75) is 21.3 Å². The predicted molar refractivity (Wildman–Crippen MR) is 102 cm³/mol. The van der Waals surface area contributed by atoms with E-state index in [0.717, 1.165) is 35.5 Å². The molecule has 26 heavy (non-hydrogen) atoms. The number of nitrogen functional groups attached to an aromatic ring is 1. The molecule has 0 aliphatic carbocycles. The van der Waals surface area contributed by atoms with Gasteiger partial charge >= 0.3 is 0 Å². The monoisotopic (exact) mass is 460 g/mol. The summed E-state index contributed by atoms with van der Waals surface area (Å²) in [6, 6.07) is 1.56. The molecule has 13 heteroatoms. The standard InChI is InChI=1S/C8H12N2O3S2.C5H5ClO3S2/c9-6-5-14-8(7(6)11)15(12,13)10-3-1-2-4-10;1-9-4-2-3-10-5(4)11(6,7)8/h5,11H,1-4,9H2;2-3H,1H3. The van der Waals surface area contributed by atoms with Crippen LogP contribution in [0.1, 0.15) is 12.8 Å². The van der Waals surface area contributed by atoms with Crippen LogP contribution in [0, 0.1) is 0 Å². The summed E-state index contributed by atoms with van der Waals surface area (Å²) < 4.78 is 51.7. The predicted octanol–water partition coefficient (Wildman–Crippen LogP) is 2.50. The number of anilines is 1. The van der Waals surface area contributed by atoms with Crippen molar-refractivity contribution < 1.29 is 26.7 Å². The van der Waals surface area contributed by atoms with Crippen molar-refractivity contribution in [3.8, 4) is 11.5 Å². The lowest BCUT2D eigenvalue weighted by molar-refractivity contribution is 0.407. The SMILES string of the molecule is COc1ccsc1S(=O)(=O)Cl.Nc1csc(S(=O)(=O)N2CCCC2)c1O. The van der Waals surface area contributed by atoms with Crippen LogP contribution in [0.15, 0.2) is 25.2 Å². The van der Waals surface area contributed by atoms with Gasteiger partial charge in [0.1, 0.15) is 5.75 Å².